The molecule has 3 N–H and O–H groups in total. The second-order valence-electron chi connectivity index (χ2n) is 6.54. The Bertz CT molecular complexity index is 837. The Hall–Kier alpha value is -3.22. The molecule has 0 aromatic heterocycles. The first-order valence-corrected chi connectivity index (χ1v) is 9.60. The van der Waals surface area contributed by atoms with Gasteiger partial charge in [0.2, 0.25) is 5.91 Å². The number of methoxy groups -OCH3 is 1. The highest BCUT2D eigenvalue weighted by Gasteiger charge is 2.03. The van der Waals surface area contributed by atoms with Crippen LogP contribution in [0.5, 0.6) is 11.5 Å². The number of hydrogen-bond acceptors (Lipinski definition) is 4. The Morgan fingerprint density at radius 3 is 2.62 bits per heavy atom. The molecule has 2 aromatic carbocycles. The smallest absolute Gasteiger partial charge is 0.221 e. The van der Waals surface area contributed by atoms with Crippen LogP contribution in [0, 0.1) is 6.92 Å². The second kappa shape index (κ2) is 11.6. The maximum absolute atomic E-state index is 11.1. The molecule has 0 bridgehead atoms. The van der Waals surface area contributed by atoms with Crippen molar-refractivity contribution in [3.05, 3.63) is 53.6 Å². The highest BCUT2D eigenvalue weighted by atomic mass is 16.5. The fraction of sp³-hybridized carbons (Fsp3) is 0.364. The summed E-state index contributed by atoms with van der Waals surface area (Å²) in [6, 6.07) is 13.6. The topological polar surface area (TPSA) is 84.0 Å². The fourth-order valence-corrected chi connectivity index (χ4v) is 2.77. The van der Waals surface area contributed by atoms with Gasteiger partial charge in [-0.25, -0.2) is 0 Å². The third kappa shape index (κ3) is 7.73. The van der Waals surface area contributed by atoms with Crippen LogP contribution in [0.3, 0.4) is 0 Å². The number of benzene rings is 2. The standard InChI is InChI=1S/C22H30N4O3/c1-16-8-9-18(14-21(16)28-4)10-11-24-22(23-3)25-12-13-29-20-7-5-6-19(15-20)26-17(2)27/h5-9,14-15H,10-13H2,1-4H3,(H,26,27)(H2,23,24,25). The van der Waals surface area contributed by atoms with Crippen LogP contribution in [0.2, 0.25) is 0 Å². The summed E-state index contributed by atoms with van der Waals surface area (Å²) in [6.07, 6.45) is 0.865. The SMILES string of the molecule is CN=C(NCCOc1cccc(NC(C)=O)c1)NCCc1ccc(C)c(OC)c1. The van der Waals surface area contributed by atoms with Crippen molar-refractivity contribution in [2.75, 3.05) is 39.2 Å². The van der Waals surface area contributed by atoms with Crippen molar-refractivity contribution < 1.29 is 14.3 Å². The third-order valence-electron chi connectivity index (χ3n) is 4.22. The Labute approximate surface area is 172 Å². The average Bonchev–Trinajstić information content (AvgIpc) is 2.70. The molecule has 7 nitrogen and oxygen atoms in total. The van der Waals surface area contributed by atoms with Gasteiger partial charge in [0.05, 0.1) is 13.7 Å². The van der Waals surface area contributed by atoms with E-state index in [0.29, 0.717) is 24.6 Å². The molecule has 0 saturated heterocycles. The molecule has 0 fully saturated rings. The molecule has 7 heteroatoms. The first-order valence-electron chi connectivity index (χ1n) is 9.60. The van der Waals surface area contributed by atoms with Gasteiger partial charge in [-0.05, 0) is 42.7 Å². The summed E-state index contributed by atoms with van der Waals surface area (Å²) >= 11 is 0. The van der Waals surface area contributed by atoms with Gasteiger partial charge < -0.3 is 25.4 Å². The van der Waals surface area contributed by atoms with Gasteiger partial charge in [-0.3, -0.25) is 9.79 Å². The van der Waals surface area contributed by atoms with Crippen molar-refractivity contribution in [2.45, 2.75) is 20.3 Å². The molecule has 0 unspecified atom stereocenters. The molecule has 2 rings (SSSR count). The van der Waals surface area contributed by atoms with Gasteiger partial charge in [-0.15, -0.1) is 0 Å². The maximum Gasteiger partial charge on any atom is 0.221 e. The molecule has 0 atom stereocenters. The van der Waals surface area contributed by atoms with Crippen molar-refractivity contribution in [3.8, 4) is 11.5 Å². The summed E-state index contributed by atoms with van der Waals surface area (Å²) in [7, 11) is 3.43. The number of ether oxygens (including phenoxy) is 2. The van der Waals surface area contributed by atoms with Crippen LogP contribution in [0.1, 0.15) is 18.1 Å². The number of nitrogens with zero attached hydrogens (tertiary/aromatic N) is 1. The minimum Gasteiger partial charge on any atom is -0.496 e. The first-order chi connectivity index (χ1) is 14.0. The zero-order valence-corrected chi connectivity index (χ0v) is 17.5. The van der Waals surface area contributed by atoms with Crippen molar-refractivity contribution in [1.29, 1.82) is 0 Å². The molecule has 1 amide bonds. The maximum atomic E-state index is 11.1. The van der Waals surface area contributed by atoms with Crippen LogP contribution in [-0.2, 0) is 11.2 Å². The van der Waals surface area contributed by atoms with Gasteiger partial charge in [0.25, 0.3) is 0 Å². The minimum atomic E-state index is -0.109. The van der Waals surface area contributed by atoms with Crippen molar-refractivity contribution >= 4 is 17.6 Å². The lowest BCUT2D eigenvalue weighted by atomic mass is 10.1. The van der Waals surface area contributed by atoms with Crippen LogP contribution >= 0.6 is 0 Å². The van der Waals surface area contributed by atoms with E-state index in [9.17, 15) is 4.79 Å². The Morgan fingerprint density at radius 1 is 1.10 bits per heavy atom. The monoisotopic (exact) mass is 398 g/mol. The summed E-state index contributed by atoms with van der Waals surface area (Å²) in [5.74, 6) is 2.22. The molecule has 0 heterocycles. The molecular formula is C22H30N4O3. The zero-order chi connectivity index (χ0) is 21.1. The minimum absolute atomic E-state index is 0.109. The number of rotatable bonds is 9. The molecule has 0 spiro atoms. The van der Waals surface area contributed by atoms with E-state index in [-0.39, 0.29) is 5.91 Å². The lowest BCUT2D eigenvalue weighted by Crippen LogP contribution is -2.40. The quantitative estimate of drug-likeness (QED) is 0.344. The Kier molecular flexibility index (Phi) is 8.82. The summed E-state index contributed by atoms with van der Waals surface area (Å²) in [4.78, 5) is 15.4. The highest BCUT2D eigenvalue weighted by Crippen LogP contribution is 2.19. The number of amides is 1. The van der Waals surface area contributed by atoms with Gasteiger partial charge >= 0.3 is 0 Å². The van der Waals surface area contributed by atoms with Crippen LogP contribution < -0.4 is 25.4 Å². The molecule has 0 aliphatic carbocycles. The first kappa shape index (κ1) is 22.1. The number of hydrogen-bond donors (Lipinski definition) is 3. The largest absolute Gasteiger partial charge is 0.496 e. The number of anilines is 1. The number of aliphatic imine (C=N–C) groups is 1. The van der Waals surface area contributed by atoms with E-state index in [4.69, 9.17) is 9.47 Å². The Balaban J connectivity index is 1.71. The van der Waals surface area contributed by atoms with E-state index < -0.39 is 0 Å². The van der Waals surface area contributed by atoms with Crippen molar-refractivity contribution in [1.82, 2.24) is 10.6 Å². The number of carbonyl (C=O) groups is 1. The Morgan fingerprint density at radius 2 is 1.90 bits per heavy atom. The van der Waals surface area contributed by atoms with E-state index >= 15 is 0 Å². The fourth-order valence-electron chi connectivity index (χ4n) is 2.77. The van der Waals surface area contributed by atoms with Gasteiger partial charge in [0.15, 0.2) is 5.96 Å². The number of carbonyl (C=O) groups excluding carboxylic acids is 1. The molecule has 0 aliphatic rings. The molecule has 2 aromatic rings. The van der Waals surface area contributed by atoms with E-state index in [1.54, 1.807) is 20.2 Å². The molecule has 29 heavy (non-hydrogen) atoms. The average molecular weight is 399 g/mol. The predicted molar refractivity (Wildman–Crippen MR) is 117 cm³/mol. The van der Waals surface area contributed by atoms with Gasteiger partial charge in [-0.1, -0.05) is 18.2 Å². The molecule has 0 saturated carbocycles. The van der Waals surface area contributed by atoms with Gasteiger partial charge in [-0.2, -0.15) is 0 Å². The normalized spacial score (nSPS) is 11.0. The van der Waals surface area contributed by atoms with Gasteiger partial charge in [0, 0.05) is 32.3 Å². The van der Waals surface area contributed by atoms with Crippen LogP contribution in [0.25, 0.3) is 0 Å². The summed E-state index contributed by atoms with van der Waals surface area (Å²) < 4.78 is 11.1. The second-order valence-corrected chi connectivity index (χ2v) is 6.54. The van der Waals surface area contributed by atoms with Crippen LogP contribution in [0.4, 0.5) is 5.69 Å². The molecular weight excluding hydrogens is 368 g/mol. The zero-order valence-electron chi connectivity index (χ0n) is 17.5. The lowest BCUT2D eigenvalue weighted by Gasteiger charge is -2.13. The van der Waals surface area contributed by atoms with Gasteiger partial charge in [0.1, 0.15) is 18.1 Å². The summed E-state index contributed by atoms with van der Waals surface area (Å²) in [6.45, 7) is 5.34. The van der Waals surface area contributed by atoms with Crippen molar-refractivity contribution in [2.24, 2.45) is 4.99 Å². The van der Waals surface area contributed by atoms with Crippen molar-refractivity contribution in [3.63, 3.8) is 0 Å². The molecule has 0 aliphatic heterocycles. The lowest BCUT2D eigenvalue weighted by molar-refractivity contribution is -0.114. The van der Waals surface area contributed by atoms with E-state index in [1.807, 2.05) is 25.1 Å². The number of nitrogens with one attached hydrogen (secondary N) is 3. The van der Waals surface area contributed by atoms with Crippen LogP contribution in [0.15, 0.2) is 47.5 Å². The van der Waals surface area contributed by atoms with E-state index in [0.717, 1.165) is 30.2 Å². The summed E-state index contributed by atoms with van der Waals surface area (Å²) in [5, 5.41) is 9.26. The highest BCUT2D eigenvalue weighted by molar-refractivity contribution is 5.88. The molecule has 0 radical (unpaired) electrons. The number of guanidine groups is 1. The summed E-state index contributed by atoms with van der Waals surface area (Å²) in [5.41, 5.74) is 3.05. The number of aryl methyl sites for hydroxylation is 1. The van der Waals surface area contributed by atoms with E-state index in [1.165, 1.54) is 12.5 Å². The third-order valence-corrected chi connectivity index (χ3v) is 4.22. The van der Waals surface area contributed by atoms with E-state index in [2.05, 4.69) is 39.1 Å². The van der Waals surface area contributed by atoms with Crippen LogP contribution in [-0.4, -0.2) is 45.7 Å². The molecule has 156 valence electrons. The predicted octanol–water partition coefficient (Wildman–Crippen LogP) is 2.75.